The lowest BCUT2D eigenvalue weighted by Gasteiger charge is -2.11. The number of nitrogens with two attached hydrogens (primary N) is 1. The van der Waals surface area contributed by atoms with E-state index in [9.17, 15) is 4.39 Å². The summed E-state index contributed by atoms with van der Waals surface area (Å²) in [5, 5.41) is 1.35. The molecule has 0 aliphatic carbocycles. The highest BCUT2D eigenvalue weighted by atomic mass is 35.5. The molecule has 0 fully saturated rings. The zero-order valence-electron chi connectivity index (χ0n) is 10.9. The second kappa shape index (κ2) is 5.63. The van der Waals surface area contributed by atoms with E-state index in [2.05, 4.69) is 9.97 Å². The Bertz CT molecular complexity index is 810. The van der Waals surface area contributed by atoms with E-state index in [0.717, 1.165) is 11.6 Å². The SMILES string of the molecule is NCc1cc(F)cnc1Oc1ccc(Cl)c2cccnc12. The smallest absolute Gasteiger partial charge is 0.224 e. The predicted octanol–water partition coefficient (Wildman–Crippen LogP) is 3.67. The molecular formula is C15H11ClFN3O. The van der Waals surface area contributed by atoms with Crippen LogP contribution in [0.1, 0.15) is 5.56 Å². The summed E-state index contributed by atoms with van der Waals surface area (Å²) in [5.41, 5.74) is 6.68. The molecule has 4 nitrogen and oxygen atoms in total. The van der Waals surface area contributed by atoms with E-state index in [4.69, 9.17) is 22.1 Å². The van der Waals surface area contributed by atoms with Crippen LogP contribution < -0.4 is 10.5 Å². The molecule has 2 heterocycles. The summed E-state index contributed by atoms with van der Waals surface area (Å²) in [6.07, 6.45) is 2.73. The van der Waals surface area contributed by atoms with Gasteiger partial charge in [0.25, 0.3) is 0 Å². The Morgan fingerprint density at radius 1 is 1.24 bits per heavy atom. The molecule has 0 bridgehead atoms. The lowest BCUT2D eigenvalue weighted by Crippen LogP contribution is -2.02. The van der Waals surface area contributed by atoms with Gasteiger partial charge in [-0.3, -0.25) is 4.98 Å². The van der Waals surface area contributed by atoms with Crippen molar-refractivity contribution in [2.45, 2.75) is 6.54 Å². The van der Waals surface area contributed by atoms with Crippen molar-refractivity contribution in [3.05, 3.63) is 59.1 Å². The first-order chi connectivity index (χ1) is 10.2. The Balaban J connectivity index is 2.09. The van der Waals surface area contributed by atoms with Gasteiger partial charge in [-0.05, 0) is 30.3 Å². The second-order valence-corrected chi connectivity index (χ2v) is 4.78. The maximum absolute atomic E-state index is 13.2. The van der Waals surface area contributed by atoms with Crippen molar-refractivity contribution in [2.75, 3.05) is 0 Å². The monoisotopic (exact) mass is 303 g/mol. The molecule has 6 heteroatoms. The first-order valence-corrected chi connectivity index (χ1v) is 6.62. The molecule has 0 unspecified atom stereocenters. The number of halogens is 2. The highest BCUT2D eigenvalue weighted by Crippen LogP contribution is 2.33. The zero-order valence-corrected chi connectivity index (χ0v) is 11.6. The van der Waals surface area contributed by atoms with Crippen molar-refractivity contribution in [1.82, 2.24) is 9.97 Å². The Morgan fingerprint density at radius 3 is 2.90 bits per heavy atom. The topological polar surface area (TPSA) is 61.0 Å². The van der Waals surface area contributed by atoms with Gasteiger partial charge in [0.15, 0.2) is 5.75 Å². The lowest BCUT2D eigenvalue weighted by atomic mass is 10.2. The minimum absolute atomic E-state index is 0.124. The van der Waals surface area contributed by atoms with Crippen LogP contribution in [-0.4, -0.2) is 9.97 Å². The van der Waals surface area contributed by atoms with Crippen LogP contribution in [0.25, 0.3) is 10.9 Å². The van der Waals surface area contributed by atoms with Crippen molar-refractivity contribution >= 4 is 22.5 Å². The van der Waals surface area contributed by atoms with E-state index in [1.54, 1.807) is 24.4 Å². The number of ether oxygens (including phenoxy) is 1. The minimum atomic E-state index is -0.457. The van der Waals surface area contributed by atoms with Crippen LogP contribution in [0.4, 0.5) is 4.39 Å². The molecule has 3 rings (SSSR count). The Labute approximate surface area is 125 Å². The molecule has 0 saturated heterocycles. The molecule has 21 heavy (non-hydrogen) atoms. The van der Waals surface area contributed by atoms with Crippen LogP contribution in [-0.2, 0) is 6.54 Å². The highest BCUT2D eigenvalue weighted by Gasteiger charge is 2.11. The van der Waals surface area contributed by atoms with E-state index < -0.39 is 5.82 Å². The second-order valence-electron chi connectivity index (χ2n) is 4.37. The van der Waals surface area contributed by atoms with Gasteiger partial charge in [-0.15, -0.1) is 0 Å². The number of rotatable bonds is 3. The zero-order chi connectivity index (χ0) is 14.8. The average Bonchev–Trinajstić information content (AvgIpc) is 2.52. The van der Waals surface area contributed by atoms with Gasteiger partial charge in [-0.2, -0.15) is 0 Å². The third kappa shape index (κ3) is 2.66. The summed E-state index contributed by atoms with van der Waals surface area (Å²) in [4.78, 5) is 8.20. The molecule has 2 aromatic heterocycles. The fourth-order valence-electron chi connectivity index (χ4n) is 2.01. The Kier molecular flexibility index (Phi) is 3.68. The van der Waals surface area contributed by atoms with E-state index >= 15 is 0 Å². The van der Waals surface area contributed by atoms with Crippen LogP contribution >= 0.6 is 11.6 Å². The minimum Gasteiger partial charge on any atom is -0.436 e. The summed E-state index contributed by atoms with van der Waals surface area (Å²) in [7, 11) is 0. The summed E-state index contributed by atoms with van der Waals surface area (Å²) < 4.78 is 18.9. The van der Waals surface area contributed by atoms with Gasteiger partial charge in [0.1, 0.15) is 11.3 Å². The van der Waals surface area contributed by atoms with Crippen LogP contribution in [0.15, 0.2) is 42.7 Å². The molecule has 0 aliphatic heterocycles. The van der Waals surface area contributed by atoms with Crippen LogP contribution in [0.5, 0.6) is 11.6 Å². The van der Waals surface area contributed by atoms with Crippen LogP contribution in [0.3, 0.4) is 0 Å². The van der Waals surface area contributed by atoms with Crippen molar-refractivity contribution in [3.63, 3.8) is 0 Å². The molecule has 1 aromatic carbocycles. The molecule has 0 radical (unpaired) electrons. The third-order valence-corrected chi connectivity index (χ3v) is 3.33. The fourth-order valence-corrected chi connectivity index (χ4v) is 2.22. The van der Waals surface area contributed by atoms with Crippen molar-refractivity contribution < 1.29 is 9.13 Å². The fraction of sp³-hybridized carbons (Fsp3) is 0.0667. The molecular weight excluding hydrogens is 293 g/mol. The number of fused-ring (bicyclic) bond motifs is 1. The van der Waals surface area contributed by atoms with Crippen molar-refractivity contribution in [1.29, 1.82) is 0 Å². The largest absolute Gasteiger partial charge is 0.436 e. The molecule has 106 valence electrons. The van der Waals surface area contributed by atoms with E-state index in [-0.39, 0.29) is 12.4 Å². The number of benzene rings is 1. The predicted molar refractivity (Wildman–Crippen MR) is 78.9 cm³/mol. The molecule has 0 atom stereocenters. The first-order valence-electron chi connectivity index (χ1n) is 6.24. The molecule has 0 aliphatic rings. The number of aromatic nitrogens is 2. The van der Waals surface area contributed by atoms with E-state index in [1.807, 2.05) is 6.07 Å². The number of hydrogen-bond acceptors (Lipinski definition) is 4. The van der Waals surface area contributed by atoms with Crippen LogP contribution in [0, 0.1) is 5.82 Å². The molecule has 0 spiro atoms. The number of hydrogen-bond donors (Lipinski definition) is 1. The quantitative estimate of drug-likeness (QED) is 0.802. The van der Waals surface area contributed by atoms with Gasteiger partial charge in [0.05, 0.1) is 11.2 Å². The Morgan fingerprint density at radius 2 is 2.10 bits per heavy atom. The first kappa shape index (κ1) is 13.7. The van der Waals surface area contributed by atoms with Gasteiger partial charge >= 0.3 is 0 Å². The van der Waals surface area contributed by atoms with Gasteiger partial charge < -0.3 is 10.5 Å². The van der Waals surface area contributed by atoms with Crippen molar-refractivity contribution in [2.24, 2.45) is 5.73 Å². The molecule has 3 aromatic rings. The van der Waals surface area contributed by atoms with Gasteiger partial charge in [-0.25, -0.2) is 9.37 Å². The summed E-state index contributed by atoms with van der Waals surface area (Å²) in [6.45, 7) is 0.124. The van der Waals surface area contributed by atoms with Crippen molar-refractivity contribution in [3.8, 4) is 11.6 Å². The summed E-state index contributed by atoms with van der Waals surface area (Å²) >= 11 is 6.13. The van der Waals surface area contributed by atoms with Gasteiger partial charge in [0.2, 0.25) is 5.88 Å². The van der Waals surface area contributed by atoms with Gasteiger partial charge in [0, 0.05) is 23.7 Å². The standard InChI is InChI=1S/C15H11ClFN3O/c16-12-3-4-13(14-11(12)2-1-5-19-14)21-15-9(7-18)6-10(17)8-20-15/h1-6,8H,7,18H2. The van der Waals surface area contributed by atoms with Gasteiger partial charge in [-0.1, -0.05) is 11.6 Å². The molecule has 0 saturated carbocycles. The lowest BCUT2D eigenvalue weighted by molar-refractivity contribution is 0.456. The third-order valence-electron chi connectivity index (χ3n) is 3.00. The Hall–Kier alpha value is -2.24. The maximum Gasteiger partial charge on any atom is 0.224 e. The van der Waals surface area contributed by atoms with E-state index in [1.165, 1.54) is 6.07 Å². The summed E-state index contributed by atoms with van der Waals surface area (Å²) in [6, 6.07) is 8.35. The normalized spacial score (nSPS) is 10.8. The molecule has 0 amide bonds. The molecule has 2 N–H and O–H groups in total. The van der Waals surface area contributed by atoms with E-state index in [0.29, 0.717) is 21.9 Å². The summed E-state index contributed by atoms with van der Waals surface area (Å²) in [5.74, 6) is 0.291. The van der Waals surface area contributed by atoms with Crippen LogP contribution in [0.2, 0.25) is 5.02 Å². The highest BCUT2D eigenvalue weighted by molar-refractivity contribution is 6.35. The number of nitrogens with zero attached hydrogens (tertiary/aromatic N) is 2. The maximum atomic E-state index is 13.2. The average molecular weight is 304 g/mol. The number of pyridine rings is 2.